The zero-order chi connectivity index (χ0) is 14.8. The highest BCUT2D eigenvalue weighted by atomic mass is 16.4. The molecule has 1 saturated heterocycles. The van der Waals surface area contributed by atoms with E-state index in [-0.39, 0.29) is 12.0 Å². The van der Waals surface area contributed by atoms with E-state index in [0.717, 1.165) is 32.2 Å². The van der Waals surface area contributed by atoms with Crippen molar-refractivity contribution in [2.75, 3.05) is 11.4 Å². The van der Waals surface area contributed by atoms with E-state index in [1.807, 2.05) is 0 Å². The third-order valence-corrected chi connectivity index (χ3v) is 4.65. The van der Waals surface area contributed by atoms with E-state index >= 15 is 0 Å². The van der Waals surface area contributed by atoms with E-state index in [1.54, 1.807) is 0 Å². The maximum Gasteiger partial charge on any atom is 0.320 e. The fourth-order valence-electron chi connectivity index (χ4n) is 3.54. The number of nitrogens with one attached hydrogen (secondary N) is 2. The Kier molecular flexibility index (Phi) is 3.82. The number of aromatic amines is 1. The lowest BCUT2D eigenvalue weighted by Crippen LogP contribution is -2.52. The lowest BCUT2D eigenvalue weighted by atomic mass is 9.71. The number of tetrazole rings is 1. The van der Waals surface area contributed by atoms with Crippen LogP contribution in [0.2, 0.25) is 0 Å². The van der Waals surface area contributed by atoms with Gasteiger partial charge in [0.15, 0.2) is 0 Å². The van der Waals surface area contributed by atoms with Crippen LogP contribution in [0.15, 0.2) is 0 Å². The van der Waals surface area contributed by atoms with Crippen LogP contribution < -0.4 is 10.2 Å². The van der Waals surface area contributed by atoms with Crippen molar-refractivity contribution in [3.05, 3.63) is 0 Å². The van der Waals surface area contributed by atoms with Crippen LogP contribution in [-0.4, -0.2) is 56.7 Å². The number of H-pyrrole nitrogens is 1. The van der Waals surface area contributed by atoms with Gasteiger partial charge in [0.1, 0.15) is 6.04 Å². The predicted octanol–water partition coefficient (Wildman–Crippen LogP) is -0.606. The summed E-state index contributed by atoms with van der Waals surface area (Å²) in [4.78, 5) is 24.0. The van der Waals surface area contributed by atoms with E-state index in [9.17, 15) is 9.59 Å². The maximum absolute atomic E-state index is 11.3. The molecule has 0 bridgehead atoms. The van der Waals surface area contributed by atoms with Crippen LogP contribution in [0.4, 0.5) is 5.95 Å². The molecule has 114 valence electrons. The number of piperidine rings is 1. The second-order valence-corrected chi connectivity index (χ2v) is 5.75. The predicted molar refractivity (Wildman–Crippen MR) is 71.4 cm³/mol. The highest BCUT2D eigenvalue weighted by molar-refractivity contribution is 5.73. The number of aromatic nitrogens is 4. The summed E-state index contributed by atoms with van der Waals surface area (Å²) in [5, 5.41) is 25.7. The van der Waals surface area contributed by atoms with Gasteiger partial charge in [-0.2, -0.15) is 5.21 Å². The molecule has 0 aromatic carbocycles. The number of amides is 1. The topological polar surface area (TPSA) is 124 Å². The Morgan fingerprint density at radius 3 is 2.86 bits per heavy atom. The summed E-state index contributed by atoms with van der Waals surface area (Å²) in [6.45, 7) is 0.734. The number of nitrogens with zero attached hydrogens (tertiary/aromatic N) is 4. The summed E-state index contributed by atoms with van der Waals surface area (Å²) in [5.41, 5.74) is 0. The Morgan fingerprint density at radius 2 is 2.19 bits per heavy atom. The smallest absolute Gasteiger partial charge is 0.320 e. The first-order chi connectivity index (χ1) is 10.2. The number of hydrogen-bond acceptors (Lipinski definition) is 6. The molecule has 2 fully saturated rings. The molecule has 1 aromatic heterocycles. The van der Waals surface area contributed by atoms with E-state index in [0.29, 0.717) is 18.3 Å². The van der Waals surface area contributed by atoms with Crippen molar-refractivity contribution in [3.63, 3.8) is 0 Å². The molecular formula is C12H18N6O3. The van der Waals surface area contributed by atoms with E-state index in [2.05, 4.69) is 25.9 Å². The Balaban J connectivity index is 1.69. The molecular weight excluding hydrogens is 276 g/mol. The van der Waals surface area contributed by atoms with Gasteiger partial charge in [-0.05, 0) is 49.3 Å². The van der Waals surface area contributed by atoms with E-state index in [1.165, 1.54) is 4.90 Å². The minimum atomic E-state index is -0.805. The van der Waals surface area contributed by atoms with Crippen molar-refractivity contribution in [2.45, 2.75) is 37.8 Å². The van der Waals surface area contributed by atoms with Gasteiger partial charge in [-0.15, -0.1) is 5.10 Å². The number of carboxylic acids is 1. The SMILES string of the molecule is O=CN(c1nn[nH]n1)[C@@H]1CC[C@@H]2CN[C@@H](C(=O)O)C[C@@H]2C1. The van der Waals surface area contributed by atoms with E-state index < -0.39 is 12.0 Å². The summed E-state index contributed by atoms with van der Waals surface area (Å²) in [7, 11) is 0. The molecule has 9 nitrogen and oxygen atoms in total. The van der Waals surface area contributed by atoms with Gasteiger partial charge in [0.05, 0.1) is 0 Å². The number of hydrogen-bond donors (Lipinski definition) is 3. The molecule has 9 heteroatoms. The van der Waals surface area contributed by atoms with Gasteiger partial charge in [-0.3, -0.25) is 14.5 Å². The molecule has 4 atom stereocenters. The zero-order valence-electron chi connectivity index (χ0n) is 11.5. The Labute approximate surface area is 121 Å². The second kappa shape index (κ2) is 5.76. The number of aliphatic carboxylic acids is 1. The van der Waals surface area contributed by atoms with Gasteiger partial charge in [0.25, 0.3) is 5.95 Å². The van der Waals surface area contributed by atoms with Crippen LogP contribution in [0.5, 0.6) is 0 Å². The molecule has 2 heterocycles. The van der Waals surface area contributed by atoms with Crippen molar-refractivity contribution in [3.8, 4) is 0 Å². The highest BCUT2D eigenvalue weighted by Crippen LogP contribution is 2.37. The van der Waals surface area contributed by atoms with Gasteiger partial charge in [-0.1, -0.05) is 5.10 Å². The summed E-state index contributed by atoms with van der Waals surface area (Å²) in [6.07, 6.45) is 3.95. The summed E-state index contributed by atoms with van der Waals surface area (Å²) in [5.74, 6) is 0.259. The Morgan fingerprint density at radius 1 is 1.33 bits per heavy atom. The fourth-order valence-corrected chi connectivity index (χ4v) is 3.54. The Bertz CT molecular complexity index is 507. The molecule has 1 aromatic rings. The number of carbonyl (C=O) groups excluding carboxylic acids is 1. The standard InChI is InChI=1S/C12H18N6O3/c19-6-18(12-14-16-17-15-12)9-2-1-7-5-13-10(11(20)21)4-8(7)3-9/h6-10,13H,1-5H2,(H,20,21)(H,14,15,16,17)/t7-,8+,9-,10-/m1/s1. The second-order valence-electron chi connectivity index (χ2n) is 5.75. The summed E-state index contributed by atoms with van der Waals surface area (Å²) >= 11 is 0. The first-order valence-corrected chi connectivity index (χ1v) is 7.12. The first kappa shape index (κ1) is 13.9. The molecule has 1 aliphatic heterocycles. The quantitative estimate of drug-likeness (QED) is 0.633. The molecule has 1 saturated carbocycles. The molecule has 0 spiro atoms. The lowest BCUT2D eigenvalue weighted by molar-refractivity contribution is -0.141. The van der Waals surface area contributed by atoms with Gasteiger partial charge >= 0.3 is 5.97 Å². The van der Waals surface area contributed by atoms with Gasteiger partial charge in [-0.25, -0.2) is 0 Å². The van der Waals surface area contributed by atoms with Crippen molar-refractivity contribution in [1.29, 1.82) is 0 Å². The maximum atomic E-state index is 11.3. The average Bonchev–Trinajstić information content (AvgIpc) is 3.01. The van der Waals surface area contributed by atoms with Crippen LogP contribution in [0.25, 0.3) is 0 Å². The van der Waals surface area contributed by atoms with Gasteiger partial charge < -0.3 is 10.4 Å². The van der Waals surface area contributed by atoms with Gasteiger partial charge in [0, 0.05) is 6.04 Å². The van der Waals surface area contributed by atoms with Crippen LogP contribution >= 0.6 is 0 Å². The molecule has 0 unspecified atom stereocenters. The van der Waals surface area contributed by atoms with Crippen LogP contribution in [0.3, 0.4) is 0 Å². The lowest BCUT2D eigenvalue weighted by Gasteiger charge is -2.43. The normalized spacial score (nSPS) is 32.2. The zero-order valence-corrected chi connectivity index (χ0v) is 11.5. The first-order valence-electron chi connectivity index (χ1n) is 7.12. The number of anilines is 1. The highest BCUT2D eigenvalue weighted by Gasteiger charge is 2.39. The summed E-state index contributed by atoms with van der Waals surface area (Å²) in [6, 6.07) is -0.478. The number of carboxylic acid groups (broad SMARTS) is 1. The molecule has 0 radical (unpaired) electrons. The van der Waals surface area contributed by atoms with E-state index in [4.69, 9.17) is 5.11 Å². The minimum absolute atomic E-state index is 0.00824. The molecule has 3 rings (SSSR count). The molecule has 2 aliphatic rings. The third-order valence-electron chi connectivity index (χ3n) is 4.65. The van der Waals surface area contributed by atoms with Crippen molar-refractivity contribution >= 4 is 18.3 Å². The summed E-state index contributed by atoms with van der Waals surface area (Å²) < 4.78 is 0. The largest absolute Gasteiger partial charge is 0.480 e. The van der Waals surface area contributed by atoms with Crippen molar-refractivity contribution in [2.24, 2.45) is 11.8 Å². The third kappa shape index (κ3) is 2.73. The number of rotatable bonds is 4. The minimum Gasteiger partial charge on any atom is -0.480 e. The van der Waals surface area contributed by atoms with Crippen molar-refractivity contribution in [1.82, 2.24) is 25.9 Å². The monoisotopic (exact) mass is 294 g/mol. The molecule has 21 heavy (non-hydrogen) atoms. The van der Waals surface area contributed by atoms with Crippen LogP contribution in [0, 0.1) is 11.8 Å². The average molecular weight is 294 g/mol. The van der Waals surface area contributed by atoms with Gasteiger partial charge in [0.2, 0.25) is 6.41 Å². The molecule has 1 aliphatic carbocycles. The number of fused-ring (bicyclic) bond motifs is 1. The molecule has 3 N–H and O–H groups in total. The van der Waals surface area contributed by atoms with Crippen molar-refractivity contribution < 1.29 is 14.7 Å². The molecule has 1 amide bonds. The van der Waals surface area contributed by atoms with Crippen LogP contribution in [0.1, 0.15) is 25.7 Å². The Hall–Kier alpha value is -2.03. The fraction of sp³-hybridized carbons (Fsp3) is 0.750. The van der Waals surface area contributed by atoms with Crippen LogP contribution in [-0.2, 0) is 9.59 Å². The number of carbonyl (C=O) groups is 2.